The highest BCUT2D eigenvalue weighted by Crippen LogP contribution is 2.12. The van der Waals surface area contributed by atoms with E-state index >= 15 is 0 Å². The van der Waals surface area contributed by atoms with E-state index in [0.29, 0.717) is 37.1 Å². The number of nitrogens with one attached hydrogen (secondary N) is 1. The summed E-state index contributed by atoms with van der Waals surface area (Å²) in [4.78, 5) is 33.0. The Kier molecular flexibility index (Phi) is 7.28. The van der Waals surface area contributed by atoms with Crippen LogP contribution in [0.25, 0.3) is 11.2 Å². The number of hydrogen-bond donors (Lipinski definition) is 1. The van der Waals surface area contributed by atoms with E-state index in [1.54, 1.807) is 16.8 Å². The van der Waals surface area contributed by atoms with Crippen molar-refractivity contribution >= 4 is 22.8 Å². The Morgan fingerprint density at radius 3 is 2.74 bits per heavy atom. The molecular weight excluding hydrogens is 454 g/mol. The zero-order valence-corrected chi connectivity index (χ0v) is 19.8. The molecule has 0 atom stereocenters. The highest BCUT2D eigenvalue weighted by atomic mass is 35.5. The molecule has 4 aromatic rings. The van der Waals surface area contributed by atoms with Crippen molar-refractivity contribution in [3.8, 4) is 6.07 Å². The van der Waals surface area contributed by atoms with Gasteiger partial charge in [0.1, 0.15) is 0 Å². The van der Waals surface area contributed by atoms with Crippen LogP contribution < -0.4 is 11.2 Å². The number of nitriles is 1. The van der Waals surface area contributed by atoms with Crippen molar-refractivity contribution < 1.29 is 0 Å². The first-order chi connectivity index (χ1) is 16.5. The molecule has 0 saturated carbocycles. The van der Waals surface area contributed by atoms with E-state index in [-0.39, 0.29) is 23.0 Å². The third-order valence-corrected chi connectivity index (χ3v) is 5.93. The Morgan fingerprint density at radius 2 is 1.94 bits per heavy atom. The summed E-state index contributed by atoms with van der Waals surface area (Å²) >= 11 is 6.00. The number of aromatic amines is 1. The molecule has 176 valence electrons. The van der Waals surface area contributed by atoms with Gasteiger partial charge in [0, 0.05) is 19.3 Å². The number of aryl methyl sites for hydroxylation is 2. The van der Waals surface area contributed by atoms with E-state index in [2.05, 4.69) is 28.1 Å². The molecule has 1 aromatic carbocycles. The number of halogens is 1. The van der Waals surface area contributed by atoms with Crippen molar-refractivity contribution in [1.29, 1.82) is 5.26 Å². The highest BCUT2D eigenvalue weighted by Gasteiger charge is 2.16. The summed E-state index contributed by atoms with van der Waals surface area (Å²) in [5.74, 6) is 0. The maximum atomic E-state index is 13.1. The smallest absolute Gasteiger partial charge is 0.323 e. The van der Waals surface area contributed by atoms with Crippen molar-refractivity contribution in [3.63, 3.8) is 0 Å². The SMILES string of the molecule is CCCCCn1c(=O)n(CCCc2cnn(Cc3cccc(C#N)c3)c2)c(=O)c2[nH]c(Cl)nc21. The predicted octanol–water partition coefficient (Wildman–Crippen LogP) is 3.48. The Bertz CT molecular complexity index is 1450. The van der Waals surface area contributed by atoms with Crippen LogP contribution in [0.1, 0.15) is 49.3 Å². The summed E-state index contributed by atoms with van der Waals surface area (Å²) in [6.45, 7) is 3.43. The van der Waals surface area contributed by atoms with Gasteiger partial charge in [-0.2, -0.15) is 15.3 Å². The molecule has 9 nitrogen and oxygen atoms in total. The average molecular weight is 480 g/mol. The fourth-order valence-corrected chi connectivity index (χ4v) is 4.22. The van der Waals surface area contributed by atoms with Gasteiger partial charge < -0.3 is 4.98 Å². The number of aromatic nitrogens is 6. The molecule has 0 spiro atoms. The first-order valence-electron chi connectivity index (χ1n) is 11.4. The average Bonchev–Trinajstić information content (AvgIpc) is 3.44. The van der Waals surface area contributed by atoms with Crippen LogP contribution >= 0.6 is 11.6 Å². The molecule has 0 bridgehead atoms. The first kappa shape index (κ1) is 23.5. The molecule has 0 fully saturated rings. The number of fused-ring (bicyclic) bond motifs is 1. The van der Waals surface area contributed by atoms with E-state index < -0.39 is 5.56 Å². The Labute approximate surface area is 201 Å². The second kappa shape index (κ2) is 10.5. The monoisotopic (exact) mass is 479 g/mol. The van der Waals surface area contributed by atoms with Crippen molar-refractivity contribution in [1.82, 2.24) is 28.9 Å². The minimum absolute atomic E-state index is 0.0983. The van der Waals surface area contributed by atoms with Crippen LogP contribution in [0, 0.1) is 11.3 Å². The largest absolute Gasteiger partial charge is 0.332 e. The molecule has 0 aliphatic heterocycles. The van der Waals surface area contributed by atoms with Gasteiger partial charge >= 0.3 is 5.69 Å². The van der Waals surface area contributed by atoms with Gasteiger partial charge in [-0.3, -0.25) is 18.6 Å². The van der Waals surface area contributed by atoms with Gasteiger partial charge in [0.05, 0.1) is 24.4 Å². The van der Waals surface area contributed by atoms with Gasteiger partial charge in [-0.25, -0.2) is 4.79 Å². The molecular formula is C24H26ClN7O2. The predicted molar refractivity (Wildman–Crippen MR) is 130 cm³/mol. The minimum Gasteiger partial charge on any atom is -0.323 e. The normalized spacial score (nSPS) is 11.2. The lowest BCUT2D eigenvalue weighted by molar-refractivity contribution is 0.526. The first-order valence-corrected chi connectivity index (χ1v) is 11.8. The van der Waals surface area contributed by atoms with Gasteiger partial charge in [0.15, 0.2) is 11.2 Å². The number of nitrogens with zero attached hydrogens (tertiary/aromatic N) is 6. The Hall–Kier alpha value is -3.64. The van der Waals surface area contributed by atoms with Crippen LogP contribution in [0.3, 0.4) is 0 Å². The van der Waals surface area contributed by atoms with Crippen LogP contribution in [-0.4, -0.2) is 28.9 Å². The maximum Gasteiger partial charge on any atom is 0.332 e. The van der Waals surface area contributed by atoms with E-state index in [1.165, 1.54) is 4.57 Å². The van der Waals surface area contributed by atoms with Gasteiger partial charge in [-0.15, -0.1) is 0 Å². The zero-order chi connectivity index (χ0) is 24.1. The van der Waals surface area contributed by atoms with E-state index in [4.69, 9.17) is 16.9 Å². The van der Waals surface area contributed by atoms with Crippen LogP contribution in [0.5, 0.6) is 0 Å². The van der Waals surface area contributed by atoms with Crippen LogP contribution in [0.4, 0.5) is 0 Å². The van der Waals surface area contributed by atoms with Crippen LogP contribution in [0.15, 0.2) is 46.2 Å². The molecule has 10 heteroatoms. The fraction of sp³-hybridized carbons (Fsp3) is 0.375. The molecule has 0 aliphatic rings. The Morgan fingerprint density at radius 1 is 1.12 bits per heavy atom. The molecule has 0 aliphatic carbocycles. The van der Waals surface area contributed by atoms with E-state index in [1.807, 2.05) is 29.1 Å². The second-order valence-electron chi connectivity index (χ2n) is 8.29. The number of unbranched alkanes of at least 4 members (excludes halogenated alkanes) is 2. The summed E-state index contributed by atoms with van der Waals surface area (Å²) in [7, 11) is 0. The lowest BCUT2D eigenvalue weighted by Crippen LogP contribution is -2.40. The van der Waals surface area contributed by atoms with Gasteiger partial charge in [-0.05, 0) is 54.1 Å². The lowest BCUT2D eigenvalue weighted by Gasteiger charge is -2.11. The molecule has 1 N–H and O–H groups in total. The third-order valence-electron chi connectivity index (χ3n) is 5.75. The molecule has 0 radical (unpaired) electrons. The molecule has 0 unspecified atom stereocenters. The summed E-state index contributed by atoms with van der Waals surface area (Å²) in [6.07, 6.45) is 7.84. The van der Waals surface area contributed by atoms with Gasteiger partial charge in [-0.1, -0.05) is 31.9 Å². The molecule has 0 amide bonds. The topological polar surface area (TPSA) is 114 Å². The number of rotatable bonds is 10. The molecule has 34 heavy (non-hydrogen) atoms. The molecule has 3 heterocycles. The number of benzene rings is 1. The number of hydrogen-bond acceptors (Lipinski definition) is 5. The number of H-pyrrole nitrogens is 1. The molecule has 4 rings (SSSR count). The number of imidazole rings is 1. The summed E-state index contributed by atoms with van der Waals surface area (Å²) in [6, 6.07) is 9.57. The Balaban J connectivity index is 1.47. The fourth-order valence-electron chi connectivity index (χ4n) is 4.05. The van der Waals surface area contributed by atoms with Crippen LogP contribution in [0.2, 0.25) is 5.28 Å². The summed E-state index contributed by atoms with van der Waals surface area (Å²) in [5.41, 5.74) is 2.44. The maximum absolute atomic E-state index is 13.1. The van der Waals surface area contributed by atoms with Gasteiger partial charge in [0.25, 0.3) is 5.56 Å². The summed E-state index contributed by atoms with van der Waals surface area (Å²) < 4.78 is 4.63. The minimum atomic E-state index is -0.404. The van der Waals surface area contributed by atoms with E-state index in [0.717, 1.165) is 30.4 Å². The van der Waals surface area contributed by atoms with E-state index in [9.17, 15) is 9.59 Å². The standard InChI is InChI=1S/C24H26ClN7O2/c1-2-3-4-10-31-21-20(28-23(25)29-21)22(33)32(24(31)34)11-6-9-19-14-27-30(16-19)15-18-8-5-7-17(12-18)13-26/h5,7-8,12,14,16H,2-4,6,9-11,15H2,1H3,(H,28,29). The zero-order valence-electron chi connectivity index (χ0n) is 19.0. The van der Waals surface area contributed by atoms with Crippen molar-refractivity contribution in [3.05, 3.63) is 79.5 Å². The second-order valence-corrected chi connectivity index (χ2v) is 8.64. The van der Waals surface area contributed by atoms with Crippen molar-refractivity contribution in [2.45, 2.75) is 58.7 Å². The van der Waals surface area contributed by atoms with Crippen molar-refractivity contribution in [2.24, 2.45) is 0 Å². The summed E-state index contributed by atoms with van der Waals surface area (Å²) in [5, 5.41) is 13.6. The van der Waals surface area contributed by atoms with Crippen LogP contribution in [-0.2, 0) is 26.1 Å². The van der Waals surface area contributed by atoms with Gasteiger partial charge in [0.2, 0.25) is 5.28 Å². The lowest BCUT2D eigenvalue weighted by atomic mass is 10.1. The highest BCUT2D eigenvalue weighted by molar-refractivity contribution is 6.28. The quantitative estimate of drug-likeness (QED) is 0.276. The molecule has 0 saturated heterocycles. The molecule has 3 aromatic heterocycles. The van der Waals surface area contributed by atoms with Crippen molar-refractivity contribution in [2.75, 3.05) is 0 Å². The third kappa shape index (κ3) is 5.13.